The van der Waals surface area contributed by atoms with Gasteiger partial charge in [0.15, 0.2) is 4.80 Å². The third kappa shape index (κ3) is 6.91. The minimum absolute atomic E-state index is 0.00140. The van der Waals surface area contributed by atoms with Gasteiger partial charge in [0.25, 0.3) is 11.2 Å². The lowest BCUT2D eigenvalue weighted by atomic mass is 9.93. The van der Waals surface area contributed by atoms with Crippen LogP contribution in [-0.4, -0.2) is 28.3 Å². The molecule has 1 atom stereocenters. The van der Waals surface area contributed by atoms with Crippen LogP contribution in [0.25, 0.3) is 11.8 Å². The number of hydrogen-bond acceptors (Lipinski definition) is 9. The van der Waals surface area contributed by atoms with Gasteiger partial charge in [0.2, 0.25) is 0 Å². The van der Waals surface area contributed by atoms with E-state index < -0.39 is 16.9 Å². The van der Waals surface area contributed by atoms with Gasteiger partial charge < -0.3 is 9.47 Å². The van der Waals surface area contributed by atoms with Gasteiger partial charge in [-0.3, -0.25) is 19.5 Å². The predicted molar refractivity (Wildman–Crippen MR) is 191 cm³/mol. The molecule has 0 amide bonds. The van der Waals surface area contributed by atoms with Crippen LogP contribution >= 0.6 is 39.0 Å². The van der Waals surface area contributed by atoms with E-state index in [2.05, 4.69) is 15.9 Å². The first-order chi connectivity index (χ1) is 23.3. The van der Waals surface area contributed by atoms with Crippen molar-refractivity contribution in [1.29, 1.82) is 0 Å². The van der Waals surface area contributed by atoms with Crippen molar-refractivity contribution in [3.8, 4) is 5.75 Å². The Labute approximate surface area is 292 Å². The number of esters is 1. The number of thiazole rings is 1. The highest BCUT2D eigenvalue weighted by Gasteiger charge is 2.35. The maximum atomic E-state index is 14.4. The number of ether oxygens (including phenoxy) is 2. The minimum atomic E-state index is -0.783. The van der Waals surface area contributed by atoms with Crippen molar-refractivity contribution in [2.24, 2.45) is 4.99 Å². The lowest BCUT2D eigenvalue weighted by Gasteiger charge is -2.26. The summed E-state index contributed by atoms with van der Waals surface area (Å²) in [6.45, 7) is 2.08. The van der Waals surface area contributed by atoms with E-state index in [-0.39, 0.29) is 30.0 Å². The molecule has 0 fully saturated rings. The van der Waals surface area contributed by atoms with Gasteiger partial charge in [-0.1, -0.05) is 69.7 Å². The number of nitro benzene ring substituents is 1. The first kappa shape index (κ1) is 33.1. The number of non-ortho nitro benzene ring substituents is 1. The molecule has 48 heavy (non-hydrogen) atoms. The summed E-state index contributed by atoms with van der Waals surface area (Å²) in [5, 5.41) is 11.0. The summed E-state index contributed by atoms with van der Waals surface area (Å²) < 4.78 is 14.4. The van der Waals surface area contributed by atoms with Crippen molar-refractivity contribution in [2.75, 3.05) is 12.9 Å². The lowest BCUT2D eigenvalue weighted by Crippen LogP contribution is -2.40. The Morgan fingerprint density at radius 3 is 2.46 bits per heavy atom. The van der Waals surface area contributed by atoms with E-state index in [0.717, 1.165) is 26.1 Å². The molecule has 9 nitrogen and oxygen atoms in total. The highest BCUT2D eigenvalue weighted by atomic mass is 79.9. The van der Waals surface area contributed by atoms with Crippen LogP contribution in [0.3, 0.4) is 0 Å². The number of thioether (sulfide) groups is 1. The zero-order valence-corrected chi connectivity index (χ0v) is 29.0. The van der Waals surface area contributed by atoms with Crippen molar-refractivity contribution in [3.63, 3.8) is 0 Å². The van der Waals surface area contributed by atoms with Gasteiger partial charge in [0.1, 0.15) is 12.4 Å². The van der Waals surface area contributed by atoms with Crippen molar-refractivity contribution in [3.05, 3.63) is 159 Å². The number of nitrogens with zero attached hydrogens (tertiary/aromatic N) is 3. The van der Waals surface area contributed by atoms with Crippen molar-refractivity contribution >= 4 is 62.5 Å². The number of carbonyl (C=O) groups excluding carboxylic acids is 1. The summed E-state index contributed by atoms with van der Waals surface area (Å²) in [6.07, 6.45) is 3.74. The van der Waals surface area contributed by atoms with E-state index in [4.69, 9.17) is 14.5 Å². The molecule has 12 heteroatoms. The van der Waals surface area contributed by atoms with Crippen molar-refractivity contribution in [2.45, 2.75) is 24.5 Å². The summed E-state index contributed by atoms with van der Waals surface area (Å²) in [6, 6.07) is 28.1. The Morgan fingerprint density at radius 1 is 1.06 bits per heavy atom. The Bertz CT molecular complexity index is 2210. The molecule has 0 saturated heterocycles. The third-order valence-electron chi connectivity index (χ3n) is 7.61. The number of hydrogen-bond donors (Lipinski definition) is 0. The number of carbonyl (C=O) groups is 1. The Balaban J connectivity index is 1.50. The molecule has 0 aliphatic carbocycles. The van der Waals surface area contributed by atoms with Crippen LogP contribution in [0.5, 0.6) is 5.75 Å². The van der Waals surface area contributed by atoms with E-state index in [1.807, 2.05) is 73.0 Å². The topological polar surface area (TPSA) is 113 Å². The molecule has 0 saturated carbocycles. The molecule has 6 rings (SSSR count). The van der Waals surface area contributed by atoms with Crippen LogP contribution < -0.4 is 19.6 Å². The fraction of sp³-hybridized carbons (Fsp3) is 0.139. The maximum absolute atomic E-state index is 14.4. The van der Waals surface area contributed by atoms with Gasteiger partial charge in [-0.15, -0.1) is 11.8 Å². The molecule has 0 unspecified atom stereocenters. The second kappa shape index (κ2) is 14.5. The van der Waals surface area contributed by atoms with Gasteiger partial charge in [0, 0.05) is 32.6 Å². The van der Waals surface area contributed by atoms with Gasteiger partial charge in [-0.05, 0) is 72.8 Å². The standard InChI is InChI=1S/C36H28BrN3O6S2/c1-3-45-35(42)31-32(23-7-5-4-6-8-23)38-36-39(33(31)24-11-16-28(47-2)17-12-24)34(41)30(48-36)20-25-19-26(37)13-18-29(25)46-21-22-9-14-27(15-10-22)40(43)44/h4-20,33H,3,21H2,1-2H3/b30-20-/t33-/m1/s1. The summed E-state index contributed by atoms with van der Waals surface area (Å²) in [5.41, 5.74) is 3.31. The Kier molecular flexibility index (Phi) is 10.0. The number of rotatable bonds is 10. The van der Waals surface area contributed by atoms with Gasteiger partial charge >= 0.3 is 5.97 Å². The lowest BCUT2D eigenvalue weighted by molar-refractivity contribution is -0.384. The van der Waals surface area contributed by atoms with E-state index >= 15 is 0 Å². The second-order valence-electron chi connectivity index (χ2n) is 10.6. The molecule has 4 aromatic carbocycles. The average molecular weight is 743 g/mol. The number of fused-ring (bicyclic) bond motifs is 1. The summed E-state index contributed by atoms with van der Waals surface area (Å²) in [4.78, 5) is 45.1. The van der Waals surface area contributed by atoms with Crippen molar-refractivity contribution in [1.82, 2.24) is 4.57 Å². The van der Waals surface area contributed by atoms with Crippen LogP contribution in [0.2, 0.25) is 0 Å². The van der Waals surface area contributed by atoms with Crippen LogP contribution in [-0.2, 0) is 16.1 Å². The summed E-state index contributed by atoms with van der Waals surface area (Å²) in [7, 11) is 0. The normalized spacial score (nSPS) is 14.3. The average Bonchev–Trinajstić information content (AvgIpc) is 3.41. The Hall–Kier alpha value is -4.78. The Morgan fingerprint density at radius 2 is 1.79 bits per heavy atom. The summed E-state index contributed by atoms with van der Waals surface area (Å²) >= 11 is 6.36. The van der Waals surface area contributed by atoms with Gasteiger partial charge in [0.05, 0.1) is 33.4 Å². The highest BCUT2D eigenvalue weighted by Crippen LogP contribution is 2.36. The molecule has 5 aromatic rings. The van der Waals surface area contributed by atoms with Crippen LogP contribution in [0.15, 0.2) is 122 Å². The number of halogens is 1. The van der Waals surface area contributed by atoms with Crippen molar-refractivity contribution < 1.29 is 19.2 Å². The van der Waals surface area contributed by atoms with E-state index in [1.54, 1.807) is 47.5 Å². The first-order valence-corrected chi connectivity index (χ1v) is 17.7. The third-order valence-corrected chi connectivity index (χ3v) is 9.82. The molecule has 242 valence electrons. The fourth-order valence-electron chi connectivity index (χ4n) is 5.32. The van der Waals surface area contributed by atoms with E-state index in [0.29, 0.717) is 26.3 Å². The molecule has 1 aromatic heterocycles. The SMILES string of the molecule is CCOC(=O)C1=C(c2ccccc2)N=c2s/c(=C\c3cc(Br)ccc3OCc3ccc([N+](=O)[O-])cc3)c(=O)n2[C@@H]1c1ccc(SC)cc1. The fourth-order valence-corrected chi connectivity index (χ4v) is 7.10. The largest absolute Gasteiger partial charge is 0.488 e. The minimum Gasteiger partial charge on any atom is -0.488 e. The van der Waals surface area contributed by atoms with Gasteiger partial charge in [-0.2, -0.15) is 0 Å². The molecule has 1 aliphatic rings. The van der Waals surface area contributed by atoms with Crippen LogP contribution in [0, 0.1) is 10.1 Å². The molecule has 1 aliphatic heterocycles. The zero-order valence-electron chi connectivity index (χ0n) is 25.8. The smallest absolute Gasteiger partial charge is 0.338 e. The second-order valence-corrected chi connectivity index (χ2v) is 13.4. The van der Waals surface area contributed by atoms with E-state index in [9.17, 15) is 19.7 Å². The molecule has 0 bridgehead atoms. The van der Waals surface area contributed by atoms with Crippen LogP contribution in [0.4, 0.5) is 5.69 Å². The van der Waals surface area contributed by atoms with Crippen LogP contribution in [0.1, 0.15) is 35.2 Å². The highest BCUT2D eigenvalue weighted by molar-refractivity contribution is 9.10. The number of benzene rings is 4. The van der Waals surface area contributed by atoms with E-state index in [1.165, 1.54) is 23.5 Å². The molecule has 0 N–H and O–H groups in total. The molecule has 0 radical (unpaired) electrons. The predicted octanol–water partition coefficient (Wildman–Crippen LogP) is 6.91. The maximum Gasteiger partial charge on any atom is 0.338 e. The molecule has 0 spiro atoms. The summed E-state index contributed by atoms with van der Waals surface area (Å²) in [5.74, 6) is -0.0222. The monoisotopic (exact) mass is 741 g/mol. The molecular weight excluding hydrogens is 714 g/mol. The number of aromatic nitrogens is 1. The molecule has 2 heterocycles. The first-order valence-electron chi connectivity index (χ1n) is 14.9. The van der Waals surface area contributed by atoms with Gasteiger partial charge in [-0.25, -0.2) is 9.79 Å². The number of nitro groups is 1. The molecular formula is C36H28BrN3O6S2. The quantitative estimate of drug-likeness (QED) is 0.0662. The zero-order chi connectivity index (χ0) is 33.8.